The number of methoxy groups -OCH3 is 1. The molecule has 0 bridgehead atoms. The van der Waals surface area contributed by atoms with E-state index in [4.69, 9.17) is 4.74 Å². The first-order chi connectivity index (χ1) is 9.60. The van der Waals surface area contributed by atoms with Crippen LogP contribution in [-0.2, 0) is 0 Å². The van der Waals surface area contributed by atoms with Crippen molar-refractivity contribution < 1.29 is 14.6 Å². The summed E-state index contributed by atoms with van der Waals surface area (Å²) in [7, 11) is 1.60. The Morgan fingerprint density at radius 2 is 2.20 bits per heavy atom. The van der Waals surface area contributed by atoms with Crippen molar-refractivity contribution in [1.29, 1.82) is 0 Å². The Bertz CT molecular complexity index is 534. The van der Waals surface area contributed by atoms with Crippen LogP contribution in [0.4, 0.5) is 0 Å². The van der Waals surface area contributed by atoms with Crippen LogP contribution in [0.5, 0.6) is 5.75 Å². The van der Waals surface area contributed by atoms with Gasteiger partial charge in [-0.05, 0) is 52.9 Å². The number of nitrogens with zero attached hydrogens (tertiary/aromatic N) is 1. The molecule has 0 radical (unpaired) electrons. The molecule has 1 saturated heterocycles. The number of rotatable bonds is 2. The van der Waals surface area contributed by atoms with Crippen LogP contribution in [0.15, 0.2) is 22.7 Å². The van der Waals surface area contributed by atoms with Gasteiger partial charge in [-0.3, -0.25) is 4.79 Å². The third-order valence-corrected chi connectivity index (χ3v) is 5.12. The normalized spacial score (nSPS) is 28.6. The van der Waals surface area contributed by atoms with Crippen LogP contribution in [0.3, 0.4) is 0 Å². The predicted molar refractivity (Wildman–Crippen MR) is 78.8 cm³/mol. The number of fused-ring (bicyclic) bond motifs is 1. The van der Waals surface area contributed by atoms with E-state index in [2.05, 4.69) is 15.9 Å². The molecule has 4 nitrogen and oxygen atoms in total. The number of carbonyl (C=O) groups is 1. The number of likely N-dealkylation sites (tertiary alicyclic amines) is 1. The average molecular weight is 340 g/mol. The summed E-state index contributed by atoms with van der Waals surface area (Å²) in [4.78, 5) is 14.4. The number of hydrogen-bond donors (Lipinski definition) is 1. The second-order valence-electron chi connectivity index (χ2n) is 5.63. The molecule has 3 unspecified atom stereocenters. The first kappa shape index (κ1) is 13.9. The van der Waals surface area contributed by atoms with E-state index >= 15 is 0 Å². The largest absolute Gasteiger partial charge is 0.496 e. The Kier molecular flexibility index (Phi) is 3.73. The quantitative estimate of drug-likeness (QED) is 0.899. The fraction of sp³-hybridized carbons (Fsp3) is 0.533. The summed E-state index contributed by atoms with van der Waals surface area (Å²) in [6, 6.07) is 5.38. The molecule has 1 aromatic rings. The summed E-state index contributed by atoms with van der Waals surface area (Å²) in [5.74, 6) is 1.49. The molecule has 0 spiro atoms. The highest BCUT2D eigenvalue weighted by molar-refractivity contribution is 9.10. The van der Waals surface area contributed by atoms with Crippen molar-refractivity contribution >= 4 is 21.8 Å². The highest BCUT2D eigenvalue weighted by Gasteiger charge is 2.43. The third kappa shape index (κ3) is 2.33. The fourth-order valence-corrected chi connectivity index (χ4v) is 3.93. The first-order valence-corrected chi connectivity index (χ1v) is 7.70. The molecule has 1 N–H and O–H groups in total. The van der Waals surface area contributed by atoms with E-state index in [9.17, 15) is 9.90 Å². The maximum atomic E-state index is 12.5. The Morgan fingerprint density at radius 3 is 2.85 bits per heavy atom. The van der Waals surface area contributed by atoms with Crippen molar-refractivity contribution in [3.63, 3.8) is 0 Å². The SMILES string of the molecule is COc1ccc(C(=O)N2CC3CCC(O)C3C2)cc1Br. The van der Waals surface area contributed by atoms with Crippen molar-refractivity contribution in [3.8, 4) is 5.75 Å². The average Bonchev–Trinajstić information content (AvgIpc) is 3.00. The molecule has 1 heterocycles. The van der Waals surface area contributed by atoms with E-state index in [1.165, 1.54) is 0 Å². The zero-order chi connectivity index (χ0) is 14.3. The molecule has 2 fully saturated rings. The van der Waals surface area contributed by atoms with Crippen molar-refractivity contribution in [2.24, 2.45) is 11.8 Å². The van der Waals surface area contributed by atoms with Crippen molar-refractivity contribution in [1.82, 2.24) is 4.90 Å². The molecule has 1 aliphatic heterocycles. The van der Waals surface area contributed by atoms with Gasteiger partial charge in [0.15, 0.2) is 0 Å². The van der Waals surface area contributed by atoms with Gasteiger partial charge in [-0.25, -0.2) is 0 Å². The van der Waals surface area contributed by atoms with E-state index in [-0.39, 0.29) is 17.9 Å². The number of aliphatic hydroxyl groups excluding tert-OH is 1. The maximum Gasteiger partial charge on any atom is 0.253 e. The number of amides is 1. The smallest absolute Gasteiger partial charge is 0.253 e. The number of hydrogen-bond acceptors (Lipinski definition) is 3. The van der Waals surface area contributed by atoms with Gasteiger partial charge in [0, 0.05) is 24.6 Å². The van der Waals surface area contributed by atoms with E-state index in [0.717, 1.165) is 29.6 Å². The second kappa shape index (κ2) is 5.37. The van der Waals surface area contributed by atoms with E-state index in [0.29, 0.717) is 18.0 Å². The van der Waals surface area contributed by atoms with Crippen LogP contribution in [0.1, 0.15) is 23.2 Å². The Morgan fingerprint density at radius 1 is 1.40 bits per heavy atom. The Labute approximate surface area is 126 Å². The third-order valence-electron chi connectivity index (χ3n) is 4.51. The lowest BCUT2D eigenvalue weighted by Crippen LogP contribution is -2.31. The summed E-state index contributed by atoms with van der Waals surface area (Å²) in [5, 5.41) is 9.92. The zero-order valence-corrected chi connectivity index (χ0v) is 13.0. The fourth-order valence-electron chi connectivity index (χ4n) is 3.38. The standard InChI is InChI=1S/C15H18BrNO3/c1-20-14-5-3-9(6-12(14)16)15(19)17-7-10-2-4-13(18)11(10)8-17/h3,5-6,10-11,13,18H,2,4,7-8H2,1H3. The minimum Gasteiger partial charge on any atom is -0.496 e. The molecule has 2 aliphatic rings. The zero-order valence-electron chi connectivity index (χ0n) is 11.4. The van der Waals surface area contributed by atoms with Crippen molar-refractivity contribution in [2.45, 2.75) is 18.9 Å². The molecule has 5 heteroatoms. The lowest BCUT2D eigenvalue weighted by molar-refractivity contribution is 0.0752. The number of benzene rings is 1. The molecule has 1 saturated carbocycles. The van der Waals surface area contributed by atoms with Gasteiger partial charge in [-0.15, -0.1) is 0 Å². The topological polar surface area (TPSA) is 49.8 Å². The molecule has 0 aromatic heterocycles. The van der Waals surface area contributed by atoms with Crippen LogP contribution in [-0.4, -0.2) is 42.2 Å². The van der Waals surface area contributed by atoms with E-state index in [1.807, 2.05) is 4.90 Å². The van der Waals surface area contributed by atoms with Gasteiger partial charge in [0.05, 0.1) is 17.7 Å². The summed E-state index contributed by atoms with van der Waals surface area (Å²) < 4.78 is 5.96. The molecule has 1 aromatic carbocycles. The van der Waals surface area contributed by atoms with Crippen LogP contribution >= 0.6 is 15.9 Å². The number of halogens is 1. The van der Waals surface area contributed by atoms with Gasteiger partial charge in [0.2, 0.25) is 0 Å². The highest BCUT2D eigenvalue weighted by Crippen LogP contribution is 2.38. The van der Waals surface area contributed by atoms with E-state index in [1.54, 1.807) is 25.3 Å². The van der Waals surface area contributed by atoms with Gasteiger partial charge in [0.25, 0.3) is 5.91 Å². The number of ether oxygens (including phenoxy) is 1. The summed E-state index contributed by atoms with van der Waals surface area (Å²) >= 11 is 3.41. The molecular weight excluding hydrogens is 322 g/mol. The van der Waals surface area contributed by atoms with Gasteiger partial charge in [-0.2, -0.15) is 0 Å². The molecule has 1 aliphatic carbocycles. The van der Waals surface area contributed by atoms with Gasteiger partial charge >= 0.3 is 0 Å². The summed E-state index contributed by atoms with van der Waals surface area (Å²) in [6.07, 6.45) is 1.67. The molecule has 3 rings (SSSR count). The van der Waals surface area contributed by atoms with Crippen LogP contribution in [0, 0.1) is 11.8 Å². The molecule has 20 heavy (non-hydrogen) atoms. The lowest BCUT2D eigenvalue weighted by Gasteiger charge is -2.19. The van der Waals surface area contributed by atoms with Crippen LogP contribution in [0.2, 0.25) is 0 Å². The van der Waals surface area contributed by atoms with Crippen LogP contribution in [0.25, 0.3) is 0 Å². The maximum absolute atomic E-state index is 12.5. The summed E-state index contributed by atoms with van der Waals surface area (Å²) in [6.45, 7) is 1.44. The Hall–Kier alpha value is -1.07. The minimum absolute atomic E-state index is 0.0370. The highest BCUT2D eigenvalue weighted by atomic mass is 79.9. The monoisotopic (exact) mass is 339 g/mol. The van der Waals surface area contributed by atoms with E-state index < -0.39 is 0 Å². The lowest BCUT2D eigenvalue weighted by atomic mass is 10.00. The Balaban J connectivity index is 1.75. The summed E-state index contributed by atoms with van der Waals surface area (Å²) in [5.41, 5.74) is 0.659. The first-order valence-electron chi connectivity index (χ1n) is 6.91. The van der Waals surface area contributed by atoms with Crippen molar-refractivity contribution in [3.05, 3.63) is 28.2 Å². The molecule has 108 valence electrons. The molecular formula is C15H18BrNO3. The van der Waals surface area contributed by atoms with Crippen molar-refractivity contribution in [2.75, 3.05) is 20.2 Å². The second-order valence-corrected chi connectivity index (χ2v) is 6.48. The van der Waals surface area contributed by atoms with Gasteiger partial charge in [0.1, 0.15) is 5.75 Å². The predicted octanol–water partition coefficient (Wildman–Crippen LogP) is 2.30. The molecule has 3 atom stereocenters. The van der Waals surface area contributed by atoms with Crippen LogP contribution < -0.4 is 4.74 Å². The van der Waals surface area contributed by atoms with Gasteiger partial charge in [-0.1, -0.05) is 0 Å². The number of aliphatic hydroxyl groups is 1. The molecule has 1 amide bonds. The minimum atomic E-state index is -0.236. The number of carbonyl (C=O) groups excluding carboxylic acids is 1. The van der Waals surface area contributed by atoms with Gasteiger partial charge < -0.3 is 14.7 Å².